The van der Waals surface area contributed by atoms with Crippen LogP contribution < -0.4 is 15.4 Å². The number of para-hydroxylation sites is 1. The lowest BCUT2D eigenvalue weighted by Gasteiger charge is -2.17. The predicted octanol–water partition coefficient (Wildman–Crippen LogP) is 4.22. The van der Waals surface area contributed by atoms with Gasteiger partial charge in [-0.2, -0.15) is 0 Å². The topological polar surface area (TPSA) is 67.4 Å². The van der Waals surface area contributed by atoms with Crippen LogP contribution in [-0.4, -0.2) is 17.9 Å². The molecule has 2 rings (SSSR count). The molecular formula is C20H24N2O3. The van der Waals surface area contributed by atoms with E-state index in [-0.39, 0.29) is 11.8 Å². The Hall–Kier alpha value is -2.82. The maximum absolute atomic E-state index is 12.5. The first kappa shape index (κ1) is 18.5. The highest BCUT2D eigenvalue weighted by Gasteiger charge is 2.18. The number of nitrogens with one attached hydrogen (secondary N) is 2. The van der Waals surface area contributed by atoms with E-state index in [9.17, 15) is 9.59 Å². The second kappa shape index (κ2) is 9.47. The third-order valence-corrected chi connectivity index (χ3v) is 3.58. The summed E-state index contributed by atoms with van der Waals surface area (Å²) >= 11 is 0. The van der Waals surface area contributed by atoms with Crippen molar-refractivity contribution in [2.45, 2.75) is 39.2 Å². The van der Waals surface area contributed by atoms with Gasteiger partial charge in [-0.3, -0.25) is 9.59 Å². The standard InChI is InChI=1S/C20H24N2O3/c1-3-9-19(23)21-15-10-8-11-16(14-15)22-20(24)18(4-2)25-17-12-6-5-7-13-17/h5-8,10-14,18H,3-4,9H2,1-2H3,(H,21,23)(H,22,24). The number of anilines is 2. The molecule has 0 aliphatic heterocycles. The predicted molar refractivity (Wildman–Crippen MR) is 99.8 cm³/mol. The quantitative estimate of drug-likeness (QED) is 0.756. The van der Waals surface area contributed by atoms with Crippen LogP contribution in [0.5, 0.6) is 5.75 Å². The van der Waals surface area contributed by atoms with E-state index in [1.165, 1.54) is 0 Å². The van der Waals surface area contributed by atoms with Crippen LogP contribution in [0.1, 0.15) is 33.1 Å². The summed E-state index contributed by atoms with van der Waals surface area (Å²) in [5.41, 5.74) is 1.28. The van der Waals surface area contributed by atoms with Crippen LogP contribution in [0, 0.1) is 0 Å². The normalized spacial score (nSPS) is 11.4. The maximum atomic E-state index is 12.5. The van der Waals surface area contributed by atoms with Crippen LogP contribution >= 0.6 is 0 Å². The lowest BCUT2D eigenvalue weighted by atomic mass is 10.2. The molecule has 0 bridgehead atoms. The Balaban J connectivity index is 1.99. The second-order valence-electron chi connectivity index (χ2n) is 5.70. The van der Waals surface area contributed by atoms with Gasteiger partial charge in [0, 0.05) is 17.8 Å². The smallest absolute Gasteiger partial charge is 0.265 e. The maximum Gasteiger partial charge on any atom is 0.265 e. The van der Waals surface area contributed by atoms with Crippen molar-refractivity contribution in [2.24, 2.45) is 0 Å². The van der Waals surface area contributed by atoms with E-state index >= 15 is 0 Å². The van der Waals surface area contributed by atoms with Crippen molar-refractivity contribution >= 4 is 23.2 Å². The number of carbonyl (C=O) groups excluding carboxylic acids is 2. The molecule has 0 saturated carbocycles. The molecule has 2 aromatic carbocycles. The number of benzene rings is 2. The highest BCUT2D eigenvalue weighted by atomic mass is 16.5. The van der Waals surface area contributed by atoms with E-state index in [1.807, 2.05) is 44.2 Å². The zero-order valence-corrected chi connectivity index (χ0v) is 14.6. The van der Waals surface area contributed by atoms with Gasteiger partial charge in [-0.15, -0.1) is 0 Å². The molecular weight excluding hydrogens is 316 g/mol. The van der Waals surface area contributed by atoms with E-state index < -0.39 is 6.10 Å². The number of hydrogen-bond acceptors (Lipinski definition) is 3. The van der Waals surface area contributed by atoms with Gasteiger partial charge in [0.1, 0.15) is 5.75 Å². The minimum atomic E-state index is -0.583. The van der Waals surface area contributed by atoms with Crippen molar-refractivity contribution in [2.75, 3.05) is 10.6 Å². The molecule has 5 nitrogen and oxygen atoms in total. The van der Waals surface area contributed by atoms with Crippen molar-refractivity contribution in [3.63, 3.8) is 0 Å². The van der Waals surface area contributed by atoms with Crippen LogP contribution in [0.2, 0.25) is 0 Å². The number of carbonyl (C=O) groups is 2. The van der Waals surface area contributed by atoms with Gasteiger partial charge in [0.25, 0.3) is 5.91 Å². The summed E-state index contributed by atoms with van der Waals surface area (Å²) in [7, 11) is 0. The monoisotopic (exact) mass is 340 g/mol. The molecule has 132 valence electrons. The van der Waals surface area contributed by atoms with Crippen molar-refractivity contribution in [3.8, 4) is 5.75 Å². The minimum absolute atomic E-state index is 0.0372. The third-order valence-electron chi connectivity index (χ3n) is 3.58. The third kappa shape index (κ3) is 5.95. The van der Waals surface area contributed by atoms with E-state index in [4.69, 9.17) is 4.74 Å². The second-order valence-corrected chi connectivity index (χ2v) is 5.70. The fourth-order valence-corrected chi connectivity index (χ4v) is 2.33. The van der Waals surface area contributed by atoms with Crippen LogP contribution in [0.25, 0.3) is 0 Å². The fourth-order valence-electron chi connectivity index (χ4n) is 2.33. The van der Waals surface area contributed by atoms with Gasteiger partial charge in [-0.1, -0.05) is 38.1 Å². The molecule has 0 fully saturated rings. The zero-order chi connectivity index (χ0) is 18.1. The molecule has 0 heterocycles. The van der Waals surface area contributed by atoms with Crippen LogP contribution in [0.15, 0.2) is 54.6 Å². The van der Waals surface area contributed by atoms with Gasteiger partial charge >= 0.3 is 0 Å². The lowest BCUT2D eigenvalue weighted by molar-refractivity contribution is -0.122. The first-order valence-electron chi connectivity index (χ1n) is 8.54. The lowest BCUT2D eigenvalue weighted by Crippen LogP contribution is -2.32. The van der Waals surface area contributed by atoms with Crippen molar-refractivity contribution in [1.29, 1.82) is 0 Å². The Labute approximate surface area is 148 Å². The first-order chi connectivity index (χ1) is 12.1. The molecule has 0 aromatic heterocycles. The highest BCUT2D eigenvalue weighted by Crippen LogP contribution is 2.18. The Bertz CT molecular complexity index is 701. The molecule has 0 saturated heterocycles. The molecule has 0 radical (unpaired) electrons. The van der Waals surface area contributed by atoms with Gasteiger partial charge in [-0.05, 0) is 43.2 Å². The first-order valence-corrected chi connectivity index (χ1v) is 8.54. The molecule has 2 aromatic rings. The number of hydrogen-bond donors (Lipinski definition) is 2. The molecule has 1 unspecified atom stereocenters. The molecule has 1 atom stereocenters. The summed E-state index contributed by atoms with van der Waals surface area (Å²) in [6, 6.07) is 16.4. The Morgan fingerprint density at radius 3 is 2.28 bits per heavy atom. The minimum Gasteiger partial charge on any atom is -0.481 e. The van der Waals surface area contributed by atoms with E-state index in [0.29, 0.717) is 30.0 Å². The Morgan fingerprint density at radius 2 is 1.64 bits per heavy atom. The fraction of sp³-hybridized carbons (Fsp3) is 0.300. The van der Waals surface area contributed by atoms with Crippen LogP contribution in [0.3, 0.4) is 0 Å². The van der Waals surface area contributed by atoms with E-state index in [1.54, 1.807) is 24.3 Å². The molecule has 5 heteroatoms. The van der Waals surface area contributed by atoms with Gasteiger partial charge in [0.2, 0.25) is 5.91 Å². The number of amides is 2. The summed E-state index contributed by atoms with van der Waals surface area (Å²) in [4.78, 5) is 24.1. The van der Waals surface area contributed by atoms with E-state index in [2.05, 4.69) is 10.6 Å². The molecule has 0 aliphatic rings. The average Bonchev–Trinajstić information content (AvgIpc) is 2.61. The molecule has 2 N–H and O–H groups in total. The summed E-state index contributed by atoms with van der Waals surface area (Å²) in [5.74, 6) is 0.401. The van der Waals surface area contributed by atoms with Gasteiger partial charge in [0.05, 0.1) is 0 Å². The summed E-state index contributed by atoms with van der Waals surface area (Å²) in [6.45, 7) is 3.85. The molecule has 0 spiro atoms. The zero-order valence-electron chi connectivity index (χ0n) is 14.6. The molecule has 2 amide bonds. The van der Waals surface area contributed by atoms with Crippen LogP contribution in [-0.2, 0) is 9.59 Å². The van der Waals surface area contributed by atoms with Crippen molar-refractivity contribution < 1.29 is 14.3 Å². The summed E-state index contributed by atoms with van der Waals surface area (Å²) in [5, 5.41) is 5.66. The van der Waals surface area contributed by atoms with Gasteiger partial charge in [0.15, 0.2) is 6.10 Å². The SMILES string of the molecule is CCCC(=O)Nc1cccc(NC(=O)C(CC)Oc2ccccc2)c1. The number of rotatable bonds is 8. The van der Waals surface area contributed by atoms with Crippen LogP contribution in [0.4, 0.5) is 11.4 Å². The number of ether oxygens (including phenoxy) is 1. The van der Waals surface area contributed by atoms with Crippen molar-refractivity contribution in [1.82, 2.24) is 0 Å². The largest absolute Gasteiger partial charge is 0.481 e. The summed E-state index contributed by atoms with van der Waals surface area (Å²) in [6.07, 6.45) is 1.23. The Kier molecular flexibility index (Phi) is 7.01. The van der Waals surface area contributed by atoms with Crippen molar-refractivity contribution in [3.05, 3.63) is 54.6 Å². The summed E-state index contributed by atoms with van der Waals surface area (Å²) < 4.78 is 5.74. The van der Waals surface area contributed by atoms with Gasteiger partial charge in [-0.25, -0.2) is 0 Å². The molecule has 25 heavy (non-hydrogen) atoms. The molecule has 0 aliphatic carbocycles. The average molecular weight is 340 g/mol. The Morgan fingerprint density at radius 1 is 0.960 bits per heavy atom. The van der Waals surface area contributed by atoms with Gasteiger partial charge < -0.3 is 15.4 Å². The van der Waals surface area contributed by atoms with E-state index in [0.717, 1.165) is 6.42 Å². The highest BCUT2D eigenvalue weighted by molar-refractivity contribution is 5.96.